The Morgan fingerprint density at radius 2 is 1.67 bits per heavy atom. The second kappa shape index (κ2) is 9.37. The summed E-state index contributed by atoms with van der Waals surface area (Å²) in [6, 6.07) is 7.88. The van der Waals surface area contributed by atoms with E-state index < -0.39 is 5.60 Å². The van der Waals surface area contributed by atoms with E-state index in [2.05, 4.69) is 9.97 Å². The molecule has 0 atom stereocenters. The van der Waals surface area contributed by atoms with Gasteiger partial charge in [0.2, 0.25) is 0 Å². The van der Waals surface area contributed by atoms with Crippen molar-refractivity contribution in [2.24, 2.45) is 0 Å². The van der Waals surface area contributed by atoms with Gasteiger partial charge in [-0.15, -0.1) is 0 Å². The molecule has 2 fully saturated rings. The van der Waals surface area contributed by atoms with Crippen LogP contribution in [0, 0.1) is 0 Å². The fourth-order valence-electron chi connectivity index (χ4n) is 4.13. The van der Waals surface area contributed by atoms with Gasteiger partial charge in [-0.25, -0.2) is 14.8 Å². The van der Waals surface area contributed by atoms with Gasteiger partial charge in [-0.2, -0.15) is 0 Å². The van der Waals surface area contributed by atoms with Gasteiger partial charge in [-0.05, 0) is 58.6 Å². The van der Waals surface area contributed by atoms with E-state index in [1.54, 1.807) is 24.4 Å². The van der Waals surface area contributed by atoms with Crippen molar-refractivity contribution < 1.29 is 19.1 Å². The van der Waals surface area contributed by atoms with Gasteiger partial charge in [0.1, 0.15) is 11.4 Å². The van der Waals surface area contributed by atoms with Crippen LogP contribution in [0.1, 0.15) is 56.8 Å². The van der Waals surface area contributed by atoms with Crippen molar-refractivity contribution in [2.75, 3.05) is 20.2 Å². The highest BCUT2D eigenvalue weighted by Crippen LogP contribution is 2.33. The van der Waals surface area contributed by atoms with Gasteiger partial charge < -0.3 is 19.3 Å². The van der Waals surface area contributed by atoms with E-state index >= 15 is 0 Å². The van der Waals surface area contributed by atoms with E-state index in [1.807, 2.05) is 49.9 Å². The molecular weight excluding hydrogens is 420 g/mol. The Morgan fingerprint density at radius 1 is 1.03 bits per heavy atom. The van der Waals surface area contributed by atoms with Crippen LogP contribution in [0.5, 0.6) is 5.75 Å². The number of carbonyl (C=O) groups is 2. The first kappa shape index (κ1) is 23.0. The molecule has 0 spiro atoms. The van der Waals surface area contributed by atoms with Crippen LogP contribution in [-0.2, 0) is 4.74 Å². The van der Waals surface area contributed by atoms with E-state index in [4.69, 9.17) is 9.47 Å². The normalized spacial score (nSPS) is 16.9. The SMILES string of the molecule is COc1cccc(-c2ncc(C(=O)N(C3CC3)C3CCN(C(=O)OC(C)(C)C)CC3)cn2)c1. The molecule has 0 unspecified atom stereocenters. The third-order valence-corrected chi connectivity index (χ3v) is 5.91. The molecule has 1 aliphatic carbocycles. The predicted octanol–water partition coefficient (Wildman–Crippen LogP) is 4.16. The summed E-state index contributed by atoms with van der Waals surface area (Å²) in [6.07, 6.45) is 6.44. The van der Waals surface area contributed by atoms with Gasteiger partial charge in [-0.3, -0.25) is 4.79 Å². The van der Waals surface area contributed by atoms with E-state index in [1.165, 1.54) is 0 Å². The molecule has 33 heavy (non-hydrogen) atoms. The molecule has 8 nitrogen and oxygen atoms in total. The van der Waals surface area contributed by atoms with Crippen molar-refractivity contribution in [1.29, 1.82) is 0 Å². The van der Waals surface area contributed by atoms with Crippen molar-refractivity contribution >= 4 is 12.0 Å². The first-order valence-corrected chi connectivity index (χ1v) is 11.5. The Kier molecular flexibility index (Phi) is 6.54. The van der Waals surface area contributed by atoms with Crippen LogP contribution in [0.2, 0.25) is 0 Å². The predicted molar refractivity (Wildman–Crippen MR) is 124 cm³/mol. The molecule has 1 saturated carbocycles. The topological polar surface area (TPSA) is 84.9 Å². The van der Waals surface area contributed by atoms with Crippen LogP contribution in [0.25, 0.3) is 11.4 Å². The maximum absolute atomic E-state index is 13.4. The second-order valence-electron chi connectivity index (χ2n) is 9.67. The lowest BCUT2D eigenvalue weighted by Crippen LogP contribution is -2.50. The lowest BCUT2D eigenvalue weighted by Gasteiger charge is -2.39. The van der Waals surface area contributed by atoms with Gasteiger partial charge in [0.25, 0.3) is 5.91 Å². The number of benzene rings is 1. The van der Waals surface area contributed by atoms with Crippen molar-refractivity contribution in [3.8, 4) is 17.1 Å². The highest BCUT2D eigenvalue weighted by molar-refractivity contribution is 5.94. The summed E-state index contributed by atoms with van der Waals surface area (Å²) in [4.78, 5) is 38.4. The van der Waals surface area contributed by atoms with Crippen LogP contribution in [0.15, 0.2) is 36.7 Å². The van der Waals surface area contributed by atoms with Gasteiger partial charge in [0, 0.05) is 43.1 Å². The standard InChI is InChI=1S/C25H32N4O4/c1-25(2,3)33-24(31)28-12-10-20(11-13-28)29(19-8-9-19)23(30)18-15-26-22(27-16-18)17-6-5-7-21(14-17)32-4/h5-7,14-16,19-20H,8-13H2,1-4H3. The largest absolute Gasteiger partial charge is 0.497 e. The first-order valence-electron chi connectivity index (χ1n) is 11.5. The third kappa shape index (κ3) is 5.61. The summed E-state index contributed by atoms with van der Waals surface area (Å²) in [5, 5.41) is 0. The monoisotopic (exact) mass is 452 g/mol. The van der Waals surface area contributed by atoms with Crippen LogP contribution in [-0.4, -0.2) is 69.7 Å². The van der Waals surface area contributed by atoms with Gasteiger partial charge in [0.05, 0.1) is 12.7 Å². The Hall–Kier alpha value is -3.16. The number of hydrogen-bond donors (Lipinski definition) is 0. The summed E-state index contributed by atoms with van der Waals surface area (Å²) < 4.78 is 10.8. The second-order valence-corrected chi connectivity index (χ2v) is 9.67. The summed E-state index contributed by atoms with van der Waals surface area (Å²) in [5.74, 6) is 1.24. The molecule has 1 aromatic carbocycles. The third-order valence-electron chi connectivity index (χ3n) is 5.91. The number of piperidine rings is 1. The van der Waals surface area contributed by atoms with E-state index in [0.717, 1.165) is 37.0 Å². The molecule has 8 heteroatoms. The molecule has 1 aromatic heterocycles. The van der Waals surface area contributed by atoms with Gasteiger partial charge >= 0.3 is 6.09 Å². The summed E-state index contributed by atoms with van der Waals surface area (Å²) in [7, 11) is 1.62. The van der Waals surface area contributed by atoms with Gasteiger partial charge in [-0.1, -0.05) is 12.1 Å². The molecule has 1 aliphatic heterocycles. The molecule has 0 radical (unpaired) electrons. The summed E-state index contributed by atoms with van der Waals surface area (Å²) in [5.41, 5.74) is 0.811. The quantitative estimate of drug-likeness (QED) is 0.677. The zero-order valence-corrected chi connectivity index (χ0v) is 19.8. The Labute approximate surface area is 194 Å². The summed E-state index contributed by atoms with van der Waals surface area (Å²) in [6.45, 7) is 6.77. The zero-order chi connectivity index (χ0) is 23.6. The number of amides is 2. The first-order chi connectivity index (χ1) is 15.7. The Morgan fingerprint density at radius 3 is 2.24 bits per heavy atom. The number of nitrogens with zero attached hydrogens (tertiary/aromatic N) is 4. The molecule has 2 aromatic rings. The van der Waals surface area contributed by atoms with Crippen molar-refractivity contribution in [3.05, 3.63) is 42.2 Å². The molecule has 0 N–H and O–H groups in total. The molecule has 2 heterocycles. The fourth-order valence-corrected chi connectivity index (χ4v) is 4.13. The zero-order valence-electron chi connectivity index (χ0n) is 19.8. The molecule has 0 bridgehead atoms. The van der Waals surface area contributed by atoms with Crippen LogP contribution in [0.4, 0.5) is 4.79 Å². The number of carbonyl (C=O) groups excluding carboxylic acids is 2. The molecule has 4 rings (SSSR count). The summed E-state index contributed by atoms with van der Waals surface area (Å²) >= 11 is 0. The molecule has 2 aliphatic rings. The number of methoxy groups -OCH3 is 1. The van der Waals surface area contributed by atoms with Crippen LogP contribution < -0.4 is 4.74 Å². The highest BCUT2D eigenvalue weighted by atomic mass is 16.6. The Balaban J connectivity index is 1.42. The number of likely N-dealkylation sites (tertiary alicyclic amines) is 1. The minimum Gasteiger partial charge on any atom is -0.497 e. The maximum atomic E-state index is 13.4. The van der Waals surface area contributed by atoms with E-state index in [0.29, 0.717) is 24.5 Å². The average molecular weight is 453 g/mol. The van der Waals surface area contributed by atoms with Gasteiger partial charge in [0.15, 0.2) is 5.82 Å². The number of rotatable bonds is 5. The van der Waals surface area contributed by atoms with E-state index in [-0.39, 0.29) is 24.1 Å². The Bertz CT molecular complexity index is 990. The fraction of sp³-hybridized carbons (Fsp3) is 0.520. The lowest BCUT2D eigenvalue weighted by atomic mass is 10.0. The molecule has 2 amide bonds. The van der Waals surface area contributed by atoms with Crippen LogP contribution >= 0.6 is 0 Å². The maximum Gasteiger partial charge on any atom is 0.410 e. The number of ether oxygens (including phenoxy) is 2. The van der Waals surface area contributed by atoms with E-state index in [9.17, 15) is 9.59 Å². The smallest absolute Gasteiger partial charge is 0.410 e. The minimum absolute atomic E-state index is 0.0367. The minimum atomic E-state index is -0.513. The van der Waals surface area contributed by atoms with Crippen molar-refractivity contribution in [2.45, 2.75) is 64.1 Å². The highest BCUT2D eigenvalue weighted by Gasteiger charge is 2.40. The molecular formula is C25H32N4O4. The number of aromatic nitrogens is 2. The lowest BCUT2D eigenvalue weighted by molar-refractivity contribution is 0.0142. The average Bonchev–Trinajstić information content (AvgIpc) is 3.64. The molecule has 1 saturated heterocycles. The van der Waals surface area contributed by atoms with Crippen molar-refractivity contribution in [1.82, 2.24) is 19.8 Å². The molecule has 176 valence electrons. The van der Waals surface area contributed by atoms with Crippen molar-refractivity contribution in [3.63, 3.8) is 0 Å². The number of hydrogen-bond acceptors (Lipinski definition) is 6. The van der Waals surface area contributed by atoms with Crippen LogP contribution in [0.3, 0.4) is 0 Å².